The summed E-state index contributed by atoms with van der Waals surface area (Å²) >= 11 is 0. The van der Waals surface area contributed by atoms with Gasteiger partial charge in [0.25, 0.3) is 11.5 Å². The van der Waals surface area contributed by atoms with Gasteiger partial charge in [-0.3, -0.25) is 14.4 Å². The van der Waals surface area contributed by atoms with E-state index in [2.05, 4.69) is 4.98 Å². The fraction of sp³-hybridized carbons (Fsp3) is 0.417. The highest BCUT2D eigenvalue weighted by molar-refractivity contribution is 5.93. The number of amides is 1. The Morgan fingerprint density at radius 2 is 2.06 bits per heavy atom. The molecule has 0 aliphatic rings. The monoisotopic (exact) mass is 252 g/mol. The number of pyridine rings is 1. The topological polar surface area (TPSA) is 90.5 Å². The SMILES string of the molecule is Cc1ccc(C(=O)N(C)CC(C)C(=O)O)c(=O)[nH]1. The molecule has 1 unspecified atom stereocenters. The van der Waals surface area contributed by atoms with Crippen LogP contribution in [-0.2, 0) is 4.79 Å². The van der Waals surface area contributed by atoms with Crippen molar-refractivity contribution in [1.82, 2.24) is 9.88 Å². The minimum atomic E-state index is -0.979. The van der Waals surface area contributed by atoms with Gasteiger partial charge in [0.05, 0.1) is 5.92 Å². The molecule has 1 aromatic heterocycles. The highest BCUT2D eigenvalue weighted by atomic mass is 16.4. The molecule has 1 atom stereocenters. The molecule has 0 aromatic carbocycles. The summed E-state index contributed by atoms with van der Waals surface area (Å²) in [6, 6.07) is 3.07. The lowest BCUT2D eigenvalue weighted by Crippen LogP contribution is -2.36. The first-order valence-corrected chi connectivity index (χ1v) is 5.51. The summed E-state index contributed by atoms with van der Waals surface area (Å²) in [6.45, 7) is 3.28. The first-order valence-electron chi connectivity index (χ1n) is 5.51. The molecule has 6 nitrogen and oxygen atoms in total. The van der Waals surface area contributed by atoms with E-state index in [1.54, 1.807) is 13.0 Å². The molecule has 1 heterocycles. The van der Waals surface area contributed by atoms with Crippen LogP contribution < -0.4 is 5.56 Å². The van der Waals surface area contributed by atoms with Crippen molar-refractivity contribution in [2.24, 2.45) is 5.92 Å². The lowest BCUT2D eigenvalue weighted by atomic mass is 10.1. The van der Waals surface area contributed by atoms with Crippen LogP contribution in [0.5, 0.6) is 0 Å². The first-order chi connectivity index (χ1) is 8.32. The first kappa shape index (κ1) is 14.0. The van der Waals surface area contributed by atoms with Gasteiger partial charge >= 0.3 is 5.97 Å². The molecule has 1 amide bonds. The van der Waals surface area contributed by atoms with Gasteiger partial charge in [0.1, 0.15) is 5.56 Å². The number of carbonyl (C=O) groups excluding carboxylic acids is 1. The molecule has 0 fully saturated rings. The standard InChI is InChI=1S/C12H16N2O4/c1-7(12(17)18)6-14(3)11(16)9-5-4-8(2)13-10(9)15/h4-5,7H,6H2,1-3H3,(H,13,15)(H,17,18). The summed E-state index contributed by atoms with van der Waals surface area (Å²) in [4.78, 5) is 38.0. The number of aryl methyl sites for hydroxylation is 1. The highest BCUT2D eigenvalue weighted by Crippen LogP contribution is 2.03. The van der Waals surface area contributed by atoms with E-state index in [0.29, 0.717) is 5.69 Å². The Bertz CT molecular complexity index is 521. The molecule has 0 saturated carbocycles. The molecule has 0 spiro atoms. The van der Waals surface area contributed by atoms with E-state index < -0.39 is 23.4 Å². The van der Waals surface area contributed by atoms with Crippen molar-refractivity contribution in [3.8, 4) is 0 Å². The molecule has 0 radical (unpaired) electrons. The second-order valence-corrected chi connectivity index (χ2v) is 4.31. The highest BCUT2D eigenvalue weighted by Gasteiger charge is 2.20. The van der Waals surface area contributed by atoms with Crippen LogP contribution in [0.3, 0.4) is 0 Å². The number of nitrogens with zero attached hydrogens (tertiary/aromatic N) is 1. The van der Waals surface area contributed by atoms with Crippen molar-refractivity contribution >= 4 is 11.9 Å². The zero-order chi connectivity index (χ0) is 13.9. The molecule has 6 heteroatoms. The molecular formula is C12H16N2O4. The second-order valence-electron chi connectivity index (χ2n) is 4.31. The third-order valence-electron chi connectivity index (χ3n) is 2.60. The molecule has 0 bridgehead atoms. The number of aromatic nitrogens is 1. The molecule has 18 heavy (non-hydrogen) atoms. The van der Waals surface area contributed by atoms with Crippen LogP contribution in [0.1, 0.15) is 23.0 Å². The predicted molar refractivity (Wildman–Crippen MR) is 65.6 cm³/mol. The van der Waals surface area contributed by atoms with E-state index in [4.69, 9.17) is 5.11 Å². The van der Waals surface area contributed by atoms with Crippen molar-refractivity contribution in [3.63, 3.8) is 0 Å². The van der Waals surface area contributed by atoms with Crippen LogP contribution in [0.15, 0.2) is 16.9 Å². The van der Waals surface area contributed by atoms with E-state index in [9.17, 15) is 14.4 Å². The third-order valence-corrected chi connectivity index (χ3v) is 2.60. The zero-order valence-corrected chi connectivity index (χ0v) is 10.6. The largest absolute Gasteiger partial charge is 0.481 e. The van der Waals surface area contributed by atoms with Gasteiger partial charge in [-0.2, -0.15) is 0 Å². The summed E-state index contributed by atoms with van der Waals surface area (Å²) in [5.41, 5.74) is 0.216. The maximum absolute atomic E-state index is 11.9. The van der Waals surface area contributed by atoms with Crippen LogP contribution in [0.2, 0.25) is 0 Å². The number of carbonyl (C=O) groups is 2. The molecule has 1 rings (SSSR count). The lowest BCUT2D eigenvalue weighted by molar-refractivity contribution is -0.141. The van der Waals surface area contributed by atoms with E-state index in [1.165, 1.54) is 24.9 Å². The summed E-state index contributed by atoms with van der Waals surface area (Å²) in [5.74, 6) is -2.14. The molecule has 0 saturated heterocycles. The van der Waals surface area contributed by atoms with Gasteiger partial charge in [-0.1, -0.05) is 6.92 Å². The molecular weight excluding hydrogens is 236 g/mol. The average Bonchev–Trinajstić information content (AvgIpc) is 2.27. The summed E-state index contributed by atoms with van der Waals surface area (Å²) in [6.07, 6.45) is 0. The Labute approximate surface area is 104 Å². The van der Waals surface area contributed by atoms with Crippen LogP contribution in [0.4, 0.5) is 0 Å². The quantitative estimate of drug-likeness (QED) is 0.815. The van der Waals surface area contributed by atoms with E-state index in [-0.39, 0.29) is 12.1 Å². The molecule has 1 aromatic rings. The number of nitrogens with one attached hydrogen (secondary N) is 1. The number of aromatic amines is 1. The minimum Gasteiger partial charge on any atom is -0.481 e. The smallest absolute Gasteiger partial charge is 0.308 e. The van der Waals surface area contributed by atoms with Crippen LogP contribution >= 0.6 is 0 Å². The Kier molecular flexibility index (Phi) is 4.25. The number of carboxylic acid groups (broad SMARTS) is 1. The molecule has 98 valence electrons. The second kappa shape index (κ2) is 5.48. The van der Waals surface area contributed by atoms with Gasteiger partial charge in [0, 0.05) is 19.3 Å². The summed E-state index contributed by atoms with van der Waals surface area (Å²) in [7, 11) is 1.47. The number of aliphatic carboxylic acids is 1. The molecule has 0 aliphatic heterocycles. The Morgan fingerprint density at radius 3 is 2.56 bits per heavy atom. The average molecular weight is 252 g/mol. The molecule has 0 aliphatic carbocycles. The van der Waals surface area contributed by atoms with Crippen molar-refractivity contribution < 1.29 is 14.7 Å². The third kappa shape index (κ3) is 3.19. The normalized spacial score (nSPS) is 11.9. The Morgan fingerprint density at radius 1 is 1.44 bits per heavy atom. The minimum absolute atomic E-state index is 0.0145. The van der Waals surface area contributed by atoms with Gasteiger partial charge in [-0.25, -0.2) is 0 Å². The van der Waals surface area contributed by atoms with Gasteiger partial charge in [0.15, 0.2) is 0 Å². The number of carboxylic acids is 1. The van der Waals surface area contributed by atoms with Gasteiger partial charge in [-0.15, -0.1) is 0 Å². The van der Waals surface area contributed by atoms with Gasteiger partial charge in [0.2, 0.25) is 0 Å². The fourth-order valence-electron chi connectivity index (χ4n) is 1.52. The van der Waals surface area contributed by atoms with Gasteiger partial charge in [-0.05, 0) is 19.1 Å². The van der Waals surface area contributed by atoms with E-state index in [0.717, 1.165) is 0 Å². The van der Waals surface area contributed by atoms with Gasteiger partial charge < -0.3 is 15.0 Å². The number of H-pyrrole nitrogens is 1. The van der Waals surface area contributed by atoms with Crippen LogP contribution in [0, 0.1) is 12.8 Å². The van der Waals surface area contributed by atoms with E-state index >= 15 is 0 Å². The Hall–Kier alpha value is -2.11. The van der Waals surface area contributed by atoms with Crippen molar-refractivity contribution in [3.05, 3.63) is 33.7 Å². The van der Waals surface area contributed by atoms with Crippen molar-refractivity contribution in [2.45, 2.75) is 13.8 Å². The maximum Gasteiger partial charge on any atom is 0.308 e. The van der Waals surface area contributed by atoms with Crippen LogP contribution in [-0.4, -0.2) is 40.5 Å². The Balaban J connectivity index is 2.87. The molecule has 2 N–H and O–H groups in total. The fourth-order valence-corrected chi connectivity index (χ4v) is 1.52. The number of hydrogen-bond donors (Lipinski definition) is 2. The van der Waals surface area contributed by atoms with Crippen molar-refractivity contribution in [1.29, 1.82) is 0 Å². The lowest BCUT2D eigenvalue weighted by Gasteiger charge is -2.19. The summed E-state index contributed by atoms with van der Waals surface area (Å²) in [5, 5.41) is 8.77. The zero-order valence-electron chi connectivity index (χ0n) is 10.6. The number of hydrogen-bond acceptors (Lipinski definition) is 3. The summed E-state index contributed by atoms with van der Waals surface area (Å²) < 4.78 is 0. The van der Waals surface area contributed by atoms with Crippen molar-refractivity contribution in [2.75, 3.05) is 13.6 Å². The van der Waals surface area contributed by atoms with E-state index in [1.807, 2.05) is 0 Å². The number of rotatable bonds is 4. The van der Waals surface area contributed by atoms with Crippen LogP contribution in [0.25, 0.3) is 0 Å². The predicted octanol–water partition coefficient (Wildman–Crippen LogP) is 0.476. The maximum atomic E-state index is 11.9.